The van der Waals surface area contributed by atoms with E-state index in [1.807, 2.05) is 13.8 Å². The summed E-state index contributed by atoms with van der Waals surface area (Å²) in [7, 11) is -7.89. The topological polar surface area (TPSA) is 102 Å². The van der Waals surface area contributed by atoms with E-state index in [0.717, 1.165) is 11.1 Å². The molecule has 0 spiro atoms. The molecule has 0 saturated heterocycles. The van der Waals surface area contributed by atoms with Gasteiger partial charge in [-0.3, -0.25) is 9.59 Å². The van der Waals surface area contributed by atoms with Crippen LogP contribution in [0, 0.1) is 19.8 Å². The van der Waals surface area contributed by atoms with Crippen LogP contribution in [0.5, 0.6) is 0 Å². The molecular weight excluding hydrogens is 460 g/mol. The number of ketones is 1. The lowest BCUT2D eigenvalue weighted by Gasteiger charge is -2.17. The summed E-state index contributed by atoms with van der Waals surface area (Å²) in [6.07, 6.45) is 0.620. The van der Waals surface area contributed by atoms with Crippen LogP contribution in [0.2, 0.25) is 0 Å². The van der Waals surface area contributed by atoms with Crippen molar-refractivity contribution in [1.29, 1.82) is 0 Å². The molecule has 0 N–H and O–H groups in total. The summed E-state index contributed by atoms with van der Waals surface area (Å²) >= 11 is 0. The molecule has 3 rings (SSSR count). The highest BCUT2D eigenvalue weighted by atomic mass is 32.2. The average Bonchev–Trinajstić information content (AvgIpc) is 2.78. The van der Waals surface area contributed by atoms with Gasteiger partial charge in [-0.05, 0) is 38.1 Å². The van der Waals surface area contributed by atoms with Gasteiger partial charge in [0.05, 0.1) is 27.2 Å². The lowest BCUT2D eigenvalue weighted by molar-refractivity contribution is 0.0941. The molecule has 0 atom stereocenters. The van der Waals surface area contributed by atoms with Gasteiger partial charge in [0.25, 0.3) is 0 Å². The third-order valence-corrected chi connectivity index (χ3v) is 8.97. The summed E-state index contributed by atoms with van der Waals surface area (Å²) < 4.78 is 52.3. The second-order valence-electron chi connectivity index (χ2n) is 7.99. The summed E-state index contributed by atoms with van der Waals surface area (Å²) in [5.74, 6) is -3.26. The Bertz CT molecular complexity index is 1280. The van der Waals surface area contributed by atoms with Crippen molar-refractivity contribution in [2.45, 2.75) is 23.6 Å². The predicted octanol–water partition coefficient (Wildman–Crippen LogP) is 3.86. The van der Waals surface area contributed by atoms with Gasteiger partial charge in [0.2, 0.25) is 0 Å². The Hall–Kier alpha value is -3.10. The molecule has 0 amide bonds. The van der Waals surface area contributed by atoms with E-state index in [0.29, 0.717) is 11.8 Å². The minimum absolute atomic E-state index is 0.0231. The fourth-order valence-corrected chi connectivity index (χ4v) is 6.61. The van der Waals surface area contributed by atoms with E-state index in [1.54, 1.807) is 24.3 Å². The molecule has 33 heavy (non-hydrogen) atoms. The highest BCUT2D eigenvalue weighted by Gasteiger charge is 2.32. The van der Waals surface area contributed by atoms with Gasteiger partial charge in [0, 0.05) is 11.1 Å². The fraction of sp³-hybridized carbons (Fsp3) is 0.200. The van der Waals surface area contributed by atoms with Crippen LogP contribution in [0.3, 0.4) is 0 Å². The molecule has 0 aromatic heterocycles. The second-order valence-corrected chi connectivity index (χ2v) is 12.1. The van der Waals surface area contributed by atoms with Crippen molar-refractivity contribution >= 4 is 31.7 Å². The Labute approximate surface area is 194 Å². The van der Waals surface area contributed by atoms with Crippen molar-refractivity contribution in [1.82, 2.24) is 0 Å². The van der Waals surface area contributed by atoms with Crippen LogP contribution in [0.1, 0.15) is 31.8 Å². The number of carbonyl (C=O) groups is 2. The van der Waals surface area contributed by atoms with Crippen LogP contribution in [-0.4, -0.2) is 40.4 Å². The summed E-state index contributed by atoms with van der Waals surface area (Å²) in [6, 6.07) is 18.0. The highest BCUT2D eigenvalue weighted by Crippen LogP contribution is 2.23. The van der Waals surface area contributed by atoms with Crippen molar-refractivity contribution < 1.29 is 26.4 Å². The van der Waals surface area contributed by atoms with Gasteiger partial charge in [0.1, 0.15) is 6.29 Å². The minimum atomic E-state index is -3.94. The first kappa shape index (κ1) is 24.5. The Kier molecular flexibility index (Phi) is 7.29. The van der Waals surface area contributed by atoms with E-state index < -0.39 is 42.9 Å². The number of rotatable bonds is 9. The van der Waals surface area contributed by atoms with Gasteiger partial charge < -0.3 is 0 Å². The van der Waals surface area contributed by atoms with E-state index in [1.165, 1.54) is 48.5 Å². The number of aryl methyl sites for hydroxylation is 2. The van der Waals surface area contributed by atoms with Crippen molar-refractivity contribution in [2.24, 2.45) is 5.92 Å². The monoisotopic (exact) mass is 484 g/mol. The van der Waals surface area contributed by atoms with E-state index in [4.69, 9.17) is 0 Å². The normalized spacial score (nSPS) is 12.0. The SMILES string of the molecule is Cc1ccc(S(=O)(=O)CC(CS(=O)(=O)c2ccc(C)cc2)C(=O)c2ccc(C=O)cc2)cc1. The molecule has 0 bridgehead atoms. The highest BCUT2D eigenvalue weighted by molar-refractivity contribution is 7.92. The van der Waals surface area contributed by atoms with Crippen molar-refractivity contribution in [3.8, 4) is 0 Å². The summed E-state index contributed by atoms with van der Waals surface area (Å²) in [4.78, 5) is 24.2. The molecule has 0 aliphatic heterocycles. The fourth-order valence-electron chi connectivity index (χ4n) is 3.37. The maximum absolute atomic E-state index is 13.3. The Morgan fingerprint density at radius 3 is 1.45 bits per heavy atom. The summed E-state index contributed by atoms with van der Waals surface area (Å²) in [5.41, 5.74) is 2.24. The number of carbonyl (C=O) groups excluding carboxylic acids is 2. The minimum Gasteiger partial charge on any atom is -0.298 e. The number of benzene rings is 3. The zero-order chi connectivity index (χ0) is 24.2. The van der Waals surface area contributed by atoms with Crippen molar-refractivity contribution in [3.05, 3.63) is 95.1 Å². The maximum atomic E-state index is 13.3. The lowest BCUT2D eigenvalue weighted by Crippen LogP contribution is -2.31. The number of hydrogen-bond acceptors (Lipinski definition) is 6. The average molecular weight is 485 g/mol. The molecule has 172 valence electrons. The number of aldehydes is 1. The molecular formula is C25H24O6S2. The number of sulfone groups is 2. The zero-order valence-corrected chi connectivity index (χ0v) is 19.9. The molecule has 3 aromatic rings. The van der Waals surface area contributed by atoms with E-state index in [9.17, 15) is 26.4 Å². The van der Waals surface area contributed by atoms with Crippen LogP contribution in [0.15, 0.2) is 82.6 Å². The molecule has 6 nitrogen and oxygen atoms in total. The Morgan fingerprint density at radius 1 is 0.697 bits per heavy atom. The second kappa shape index (κ2) is 9.80. The Morgan fingerprint density at radius 2 is 1.09 bits per heavy atom. The third kappa shape index (κ3) is 6.03. The first-order valence-electron chi connectivity index (χ1n) is 10.2. The molecule has 0 saturated carbocycles. The molecule has 0 unspecified atom stereocenters. The van der Waals surface area contributed by atoms with Crippen LogP contribution < -0.4 is 0 Å². The maximum Gasteiger partial charge on any atom is 0.179 e. The predicted molar refractivity (Wildman–Crippen MR) is 126 cm³/mol. The van der Waals surface area contributed by atoms with Gasteiger partial charge in [-0.25, -0.2) is 16.8 Å². The van der Waals surface area contributed by atoms with E-state index >= 15 is 0 Å². The van der Waals surface area contributed by atoms with Gasteiger partial charge in [-0.15, -0.1) is 0 Å². The first-order chi connectivity index (χ1) is 15.5. The van der Waals surface area contributed by atoms with Crippen LogP contribution >= 0.6 is 0 Å². The quantitative estimate of drug-likeness (QED) is 0.338. The summed E-state index contributed by atoms with van der Waals surface area (Å²) in [6.45, 7) is 3.64. The number of hydrogen-bond donors (Lipinski definition) is 0. The van der Waals surface area contributed by atoms with Crippen molar-refractivity contribution in [3.63, 3.8) is 0 Å². The van der Waals surface area contributed by atoms with Crippen LogP contribution in [-0.2, 0) is 19.7 Å². The van der Waals surface area contributed by atoms with E-state index in [2.05, 4.69) is 0 Å². The van der Waals surface area contributed by atoms with Gasteiger partial charge >= 0.3 is 0 Å². The standard InChI is InChI=1S/C25H24O6S2/c1-18-3-11-23(12-4-18)32(28,29)16-22(25(27)21-9-7-20(15-26)8-10-21)17-33(30,31)24-13-5-19(2)6-14-24/h3-15,22H,16-17H2,1-2H3. The molecule has 0 heterocycles. The van der Waals surface area contributed by atoms with E-state index in [-0.39, 0.29) is 15.4 Å². The third-order valence-electron chi connectivity index (χ3n) is 5.30. The van der Waals surface area contributed by atoms with Crippen molar-refractivity contribution in [2.75, 3.05) is 11.5 Å². The van der Waals surface area contributed by atoms with Gasteiger partial charge in [-0.2, -0.15) is 0 Å². The zero-order valence-electron chi connectivity index (χ0n) is 18.3. The molecule has 3 aromatic carbocycles. The van der Waals surface area contributed by atoms with Crippen LogP contribution in [0.25, 0.3) is 0 Å². The molecule has 0 aliphatic rings. The first-order valence-corrected chi connectivity index (χ1v) is 13.5. The van der Waals surface area contributed by atoms with Crippen LogP contribution in [0.4, 0.5) is 0 Å². The lowest BCUT2D eigenvalue weighted by atomic mass is 10.00. The molecule has 8 heteroatoms. The Balaban J connectivity index is 1.99. The van der Waals surface area contributed by atoms with Gasteiger partial charge in [0.15, 0.2) is 25.5 Å². The molecule has 0 aliphatic carbocycles. The molecule has 0 fully saturated rings. The molecule has 0 radical (unpaired) electrons. The summed E-state index contributed by atoms with van der Waals surface area (Å²) in [5, 5.41) is 0. The smallest absolute Gasteiger partial charge is 0.179 e. The van der Waals surface area contributed by atoms with Gasteiger partial charge in [-0.1, -0.05) is 59.7 Å². The number of Topliss-reactive ketones (excluding diaryl/α,β-unsaturated/α-hetero) is 1. The largest absolute Gasteiger partial charge is 0.298 e.